The minimum Gasteiger partial charge on any atom is -0.504 e. The smallest absolute Gasteiger partial charge is 0.323 e. The Bertz CT molecular complexity index is 1080. The number of phenols is 1. The minimum absolute atomic E-state index is 0.137. The highest BCUT2D eigenvalue weighted by Gasteiger charge is 2.26. The van der Waals surface area contributed by atoms with Crippen LogP contribution >= 0.6 is 34.8 Å². The third kappa shape index (κ3) is 5.94. The maximum Gasteiger partial charge on any atom is 0.323 e. The lowest BCUT2D eigenvalue weighted by atomic mass is 9.99. The van der Waals surface area contributed by atoms with Crippen LogP contribution in [0.2, 0.25) is 15.1 Å². The van der Waals surface area contributed by atoms with Gasteiger partial charge in [0.15, 0.2) is 5.75 Å². The van der Waals surface area contributed by atoms with E-state index in [1.807, 2.05) is 0 Å². The Hall–Kier alpha value is -1.75. The molecule has 0 spiro atoms. The molecule has 31 heavy (non-hydrogen) atoms. The predicted octanol–water partition coefficient (Wildman–Crippen LogP) is 4.27. The molecule has 5 N–H and O–H groups in total. The summed E-state index contributed by atoms with van der Waals surface area (Å²) in [6, 6.07) is 6.52. The standard InChI is InChI=1S/C19H21Cl3N4O4S/c20-12-2-1-3-14(16(12)22)25-19(28)26-15-5-4-13(21)18(17(15)27)31(29,30)24-10-11-6-8-23-9-7-11/h1-5,11,23-24,27H,6-10H2,(H2,25,26,28). The van der Waals surface area contributed by atoms with Crippen molar-refractivity contribution in [3.8, 4) is 5.75 Å². The van der Waals surface area contributed by atoms with Crippen molar-refractivity contribution in [3.05, 3.63) is 45.4 Å². The average Bonchev–Trinajstić information content (AvgIpc) is 2.73. The lowest BCUT2D eigenvalue weighted by Crippen LogP contribution is -2.36. The number of carbonyl (C=O) groups excluding carboxylic acids is 1. The molecule has 0 bridgehead atoms. The number of carbonyl (C=O) groups is 1. The van der Waals surface area contributed by atoms with Gasteiger partial charge in [0.05, 0.1) is 26.4 Å². The number of amides is 2. The van der Waals surface area contributed by atoms with Crippen LogP contribution in [-0.2, 0) is 10.0 Å². The molecule has 8 nitrogen and oxygen atoms in total. The van der Waals surface area contributed by atoms with Crippen molar-refractivity contribution in [2.45, 2.75) is 17.7 Å². The molecule has 0 radical (unpaired) electrons. The van der Waals surface area contributed by atoms with Crippen molar-refractivity contribution in [1.82, 2.24) is 10.0 Å². The van der Waals surface area contributed by atoms with Crippen LogP contribution in [-0.4, -0.2) is 39.2 Å². The van der Waals surface area contributed by atoms with Gasteiger partial charge in [0, 0.05) is 6.54 Å². The molecular formula is C19H21Cl3N4O4S. The fourth-order valence-corrected chi connectivity index (χ4v) is 5.26. The third-order valence-electron chi connectivity index (χ3n) is 4.82. The Balaban J connectivity index is 1.76. The van der Waals surface area contributed by atoms with Crippen molar-refractivity contribution < 1.29 is 18.3 Å². The van der Waals surface area contributed by atoms with E-state index in [-0.39, 0.29) is 38.9 Å². The van der Waals surface area contributed by atoms with Crippen LogP contribution in [0, 0.1) is 5.92 Å². The molecular weight excluding hydrogens is 487 g/mol. The maximum absolute atomic E-state index is 12.8. The van der Waals surface area contributed by atoms with Gasteiger partial charge in [0.1, 0.15) is 4.90 Å². The van der Waals surface area contributed by atoms with Gasteiger partial charge in [-0.2, -0.15) is 0 Å². The van der Waals surface area contributed by atoms with E-state index in [0.29, 0.717) is 0 Å². The molecule has 1 aliphatic rings. The number of hydrogen-bond donors (Lipinski definition) is 5. The van der Waals surface area contributed by atoms with Gasteiger partial charge in [-0.1, -0.05) is 40.9 Å². The molecule has 3 rings (SSSR count). The van der Waals surface area contributed by atoms with Crippen molar-refractivity contribution in [3.63, 3.8) is 0 Å². The van der Waals surface area contributed by atoms with Crippen molar-refractivity contribution in [2.24, 2.45) is 5.92 Å². The first kappa shape index (κ1) is 23.9. The van der Waals surface area contributed by atoms with Crippen LogP contribution in [0.3, 0.4) is 0 Å². The number of urea groups is 1. The van der Waals surface area contributed by atoms with Crippen LogP contribution in [0.4, 0.5) is 16.2 Å². The summed E-state index contributed by atoms with van der Waals surface area (Å²) in [6.45, 7) is 1.87. The number of phenolic OH excluding ortho intramolecular Hbond substituents is 1. The molecule has 2 aromatic rings. The fourth-order valence-electron chi connectivity index (χ4n) is 3.16. The summed E-state index contributed by atoms with van der Waals surface area (Å²) >= 11 is 18.0. The third-order valence-corrected chi connectivity index (χ3v) is 7.56. The minimum atomic E-state index is -4.11. The van der Waals surface area contributed by atoms with Gasteiger partial charge in [-0.3, -0.25) is 0 Å². The van der Waals surface area contributed by atoms with E-state index in [4.69, 9.17) is 34.8 Å². The van der Waals surface area contributed by atoms with E-state index in [1.54, 1.807) is 12.1 Å². The monoisotopic (exact) mass is 506 g/mol. The zero-order valence-corrected chi connectivity index (χ0v) is 19.3. The average molecular weight is 508 g/mol. The number of hydrogen-bond acceptors (Lipinski definition) is 5. The highest BCUT2D eigenvalue weighted by Crippen LogP contribution is 2.37. The molecule has 1 fully saturated rings. The first-order valence-corrected chi connectivity index (χ1v) is 12.0. The summed E-state index contributed by atoms with van der Waals surface area (Å²) in [5, 5.41) is 18.9. The molecule has 2 amide bonds. The molecule has 2 aromatic carbocycles. The Morgan fingerprint density at radius 3 is 2.42 bits per heavy atom. The molecule has 168 valence electrons. The van der Waals surface area contributed by atoms with Gasteiger partial charge in [0.25, 0.3) is 0 Å². The SMILES string of the molecule is O=C(Nc1ccc(Cl)c(S(=O)(=O)NCC2CCNCC2)c1O)Nc1cccc(Cl)c1Cl. The molecule has 1 aliphatic heterocycles. The Labute approximate surface area is 195 Å². The van der Waals surface area contributed by atoms with Crippen molar-refractivity contribution >= 4 is 62.2 Å². The summed E-state index contributed by atoms with van der Waals surface area (Å²) < 4.78 is 28.1. The van der Waals surface area contributed by atoms with Crippen molar-refractivity contribution in [1.29, 1.82) is 0 Å². The van der Waals surface area contributed by atoms with E-state index >= 15 is 0 Å². The molecule has 1 heterocycles. The Kier molecular flexibility index (Phi) is 7.90. The Morgan fingerprint density at radius 1 is 1.03 bits per heavy atom. The highest BCUT2D eigenvalue weighted by molar-refractivity contribution is 7.89. The number of rotatable bonds is 6. The Morgan fingerprint density at radius 2 is 1.71 bits per heavy atom. The van der Waals surface area contributed by atoms with Crippen LogP contribution in [0.1, 0.15) is 12.8 Å². The van der Waals surface area contributed by atoms with E-state index in [1.165, 1.54) is 18.2 Å². The predicted molar refractivity (Wildman–Crippen MR) is 123 cm³/mol. The lowest BCUT2D eigenvalue weighted by Gasteiger charge is -2.23. The number of anilines is 2. The molecule has 0 saturated carbocycles. The van der Waals surface area contributed by atoms with E-state index < -0.39 is 26.7 Å². The molecule has 0 aliphatic carbocycles. The van der Waals surface area contributed by atoms with Gasteiger partial charge in [-0.05, 0) is 56.1 Å². The largest absolute Gasteiger partial charge is 0.504 e. The molecule has 0 aromatic heterocycles. The van der Waals surface area contributed by atoms with E-state index in [0.717, 1.165) is 25.9 Å². The molecule has 0 unspecified atom stereocenters. The molecule has 0 atom stereocenters. The van der Waals surface area contributed by atoms with Gasteiger partial charge in [-0.25, -0.2) is 17.9 Å². The van der Waals surface area contributed by atoms with Gasteiger partial charge >= 0.3 is 6.03 Å². The topological polar surface area (TPSA) is 120 Å². The summed E-state index contributed by atoms with van der Waals surface area (Å²) in [7, 11) is -4.11. The maximum atomic E-state index is 12.8. The first-order chi connectivity index (χ1) is 14.7. The first-order valence-electron chi connectivity index (χ1n) is 9.43. The highest BCUT2D eigenvalue weighted by atomic mass is 35.5. The lowest BCUT2D eigenvalue weighted by molar-refractivity contribution is 0.262. The van der Waals surface area contributed by atoms with Crippen LogP contribution < -0.4 is 20.7 Å². The molecule has 1 saturated heterocycles. The van der Waals surface area contributed by atoms with Crippen molar-refractivity contribution in [2.75, 3.05) is 30.3 Å². The number of sulfonamides is 1. The van der Waals surface area contributed by atoms with Gasteiger partial charge in [-0.15, -0.1) is 0 Å². The zero-order chi connectivity index (χ0) is 22.6. The van der Waals surface area contributed by atoms with Crippen LogP contribution in [0.15, 0.2) is 35.2 Å². The van der Waals surface area contributed by atoms with E-state index in [2.05, 4.69) is 20.7 Å². The number of piperidine rings is 1. The van der Waals surface area contributed by atoms with Crippen LogP contribution in [0.5, 0.6) is 5.75 Å². The summed E-state index contributed by atoms with van der Waals surface area (Å²) in [4.78, 5) is 11.8. The number of aromatic hydroxyl groups is 1. The summed E-state index contributed by atoms with van der Waals surface area (Å²) in [5.41, 5.74) is 0.110. The summed E-state index contributed by atoms with van der Waals surface area (Å²) in [6.07, 6.45) is 1.69. The van der Waals surface area contributed by atoms with Gasteiger partial charge in [0.2, 0.25) is 10.0 Å². The zero-order valence-electron chi connectivity index (χ0n) is 16.2. The number of benzene rings is 2. The molecule has 12 heteroatoms. The quantitative estimate of drug-likeness (QED) is 0.374. The van der Waals surface area contributed by atoms with Gasteiger partial charge < -0.3 is 21.1 Å². The van der Waals surface area contributed by atoms with E-state index in [9.17, 15) is 18.3 Å². The number of nitrogens with one attached hydrogen (secondary N) is 4. The number of halogens is 3. The second-order valence-corrected chi connectivity index (χ2v) is 9.89. The fraction of sp³-hybridized carbons (Fsp3) is 0.316. The second kappa shape index (κ2) is 10.2. The normalized spacial score (nSPS) is 14.9. The second-order valence-electron chi connectivity index (χ2n) is 7.00. The summed E-state index contributed by atoms with van der Waals surface area (Å²) in [5.74, 6) is -0.482. The van der Waals surface area contributed by atoms with Crippen LogP contribution in [0.25, 0.3) is 0 Å².